The van der Waals surface area contributed by atoms with Gasteiger partial charge in [0.15, 0.2) is 0 Å². The maximum absolute atomic E-state index is 12.2. The molecule has 0 radical (unpaired) electrons. The smallest absolute Gasteiger partial charge is 0.226 e. The molecular formula is C12H20N2O. The molecule has 3 nitrogen and oxygen atoms in total. The van der Waals surface area contributed by atoms with Crippen LogP contribution >= 0.6 is 0 Å². The van der Waals surface area contributed by atoms with Crippen molar-refractivity contribution in [2.75, 3.05) is 19.6 Å². The van der Waals surface area contributed by atoms with Crippen molar-refractivity contribution in [2.24, 2.45) is 5.92 Å². The van der Waals surface area contributed by atoms with Gasteiger partial charge >= 0.3 is 0 Å². The minimum atomic E-state index is 0.250. The van der Waals surface area contributed by atoms with Gasteiger partial charge in [-0.3, -0.25) is 4.79 Å². The molecule has 1 heterocycles. The fraction of sp³-hybridized carbons (Fsp3) is 0.750. The number of nitrogens with one attached hydrogen (secondary N) is 1. The van der Waals surface area contributed by atoms with Gasteiger partial charge in [-0.15, -0.1) is 0 Å². The Morgan fingerprint density at radius 2 is 2.33 bits per heavy atom. The first kappa shape index (κ1) is 10.7. The Labute approximate surface area is 91.5 Å². The minimum absolute atomic E-state index is 0.250. The van der Waals surface area contributed by atoms with Gasteiger partial charge in [-0.25, -0.2) is 0 Å². The highest BCUT2D eigenvalue weighted by atomic mass is 16.2. The van der Waals surface area contributed by atoms with Crippen molar-refractivity contribution in [2.45, 2.75) is 32.2 Å². The lowest BCUT2D eigenvalue weighted by molar-refractivity contribution is -0.136. The summed E-state index contributed by atoms with van der Waals surface area (Å²) in [5.41, 5.74) is 0. The summed E-state index contributed by atoms with van der Waals surface area (Å²) >= 11 is 0. The van der Waals surface area contributed by atoms with E-state index in [1.165, 1.54) is 0 Å². The zero-order chi connectivity index (χ0) is 10.7. The number of nitrogens with zero attached hydrogens (tertiary/aromatic N) is 1. The van der Waals surface area contributed by atoms with E-state index in [1.54, 1.807) is 0 Å². The van der Waals surface area contributed by atoms with E-state index in [0.29, 0.717) is 11.9 Å². The van der Waals surface area contributed by atoms with Crippen LogP contribution in [-0.4, -0.2) is 36.5 Å². The van der Waals surface area contributed by atoms with E-state index in [0.717, 1.165) is 38.9 Å². The van der Waals surface area contributed by atoms with Gasteiger partial charge in [0.25, 0.3) is 0 Å². The maximum Gasteiger partial charge on any atom is 0.226 e. The van der Waals surface area contributed by atoms with E-state index in [9.17, 15) is 4.79 Å². The fourth-order valence-corrected chi connectivity index (χ4v) is 2.41. The van der Waals surface area contributed by atoms with E-state index in [4.69, 9.17) is 0 Å². The Morgan fingerprint density at radius 1 is 1.47 bits per heavy atom. The lowest BCUT2D eigenvalue weighted by Crippen LogP contribution is -2.52. The van der Waals surface area contributed by atoms with Gasteiger partial charge in [-0.05, 0) is 26.2 Å². The van der Waals surface area contributed by atoms with E-state index < -0.39 is 0 Å². The standard InChI is InChI=1S/C12H20N2O/c1-10-9-14(8-7-13-10)12(15)11-5-3-2-4-6-11/h2-3,10-11,13H,4-9H2,1H3/t10-,11?/m1/s1. The van der Waals surface area contributed by atoms with Crippen molar-refractivity contribution >= 4 is 5.91 Å². The van der Waals surface area contributed by atoms with E-state index in [1.807, 2.05) is 4.90 Å². The monoisotopic (exact) mass is 208 g/mol. The molecule has 1 fully saturated rings. The van der Waals surface area contributed by atoms with E-state index in [2.05, 4.69) is 24.4 Å². The summed E-state index contributed by atoms with van der Waals surface area (Å²) < 4.78 is 0. The number of amides is 1. The number of piperazine rings is 1. The average Bonchev–Trinajstić information content (AvgIpc) is 2.29. The summed E-state index contributed by atoms with van der Waals surface area (Å²) in [5, 5.41) is 3.36. The molecular weight excluding hydrogens is 188 g/mol. The first-order valence-electron chi connectivity index (χ1n) is 5.94. The molecule has 84 valence electrons. The molecule has 1 aliphatic heterocycles. The van der Waals surface area contributed by atoms with Gasteiger partial charge in [0.1, 0.15) is 0 Å². The van der Waals surface area contributed by atoms with Crippen LogP contribution in [0.25, 0.3) is 0 Å². The van der Waals surface area contributed by atoms with Crippen LogP contribution in [0.1, 0.15) is 26.2 Å². The highest BCUT2D eigenvalue weighted by molar-refractivity contribution is 5.79. The number of hydrogen-bond donors (Lipinski definition) is 1. The molecule has 0 spiro atoms. The Morgan fingerprint density at radius 3 is 3.00 bits per heavy atom. The molecule has 1 amide bonds. The number of carbonyl (C=O) groups excluding carboxylic acids is 1. The van der Waals surface area contributed by atoms with Gasteiger partial charge in [-0.2, -0.15) is 0 Å². The number of rotatable bonds is 1. The minimum Gasteiger partial charge on any atom is -0.340 e. The van der Waals surface area contributed by atoms with Gasteiger partial charge < -0.3 is 10.2 Å². The summed E-state index contributed by atoms with van der Waals surface area (Å²) in [6.07, 6.45) is 7.38. The highest BCUT2D eigenvalue weighted by Crippen LogP contribution is 2.21. The summed E-state index contributed by atoms with van der Waals surface area (Å²) in [7, 11) is 0. The lowest BCUT2D eigenvalue weighted by Gasteiger charge is -2.34. The van der Waals surface area contributed by atoms with Crippen LogP contribution < -0.4 is 5.32 Å². The second kappa shape index (κ2) is 4.79. The zero-order valence-corrected chi connectivity index (χ0v) is 9.41. The number of hydrogen-bond acceptors (Lipinski definition) is 2. The van der Waals surface area contributed by atoms with Crippen molar-refractivity contribution in [1.29, 1.82) is 0 Å². The molecule has 1 N–H and O–H groups in total. The maximum atomic E-state index is 12.2. The molecule has 3 heteroatoms. The molecule has 2 rings (SSSR count). The Hall–Kier alpha value is -0.830. The number of allylic oxidation sites excluding steroid dienone is 2. The zero-order valence-electron chi connectivity index (χ0n) is 9.41. The molecule has 2 aliphatic rings. The molecule has 1 aliphatic carbocycles. The quantitative estimate of drug-likeness (QED) is 0.656. The fourth-order valence-electron chi connectivity index (χ4n) is 2.41. The third kappa shape index (κ3) is 2.59. The van der Waals surface area contributed by atoms with E-state index >= 15 is 0 Å². The third-order valence-electron chi connectivity index (χ3n) is 3.30. The van der Waals surface area contributed by atoms with Crippen molar-refractivity contribution < 1.29 is 4.79 Å². The second-order valence-electron chi connectivity index (χ2n) is 4.62. The van der Waals surface area contributed by atoms with Crippen molar-refractivity contribution in [1.82, 2.24) is 10.2 Å². The predicted octanol–water partition coefficient (Wildman–Crippen LogP) is 1.16. The molecule has 1 unspecified atom stereocenters. The van der Waals surface area contributed by atoms with Crippen LogP contribution in [0, 0.1) is 5.92 Å². The molecule has 0 aromatic heterocycles. The third-order valence-corrected chi connectivity index (χ3v) is 3.30. The highest BCUT2D eigenvalue weighted by Gasteiger charge is 2.26. The summed E-state index contributed by atoms with van der Waals surface area (Å²) in [6.45, 7) is 4.83. The SMILES string of the molecule is C[C@@H]1CN(C(=O)C2CC=CCC2)CCN1. The first-order valence-corrected chi connectivity index (χ1v) is 5.94. The van der Waals surface area contributed by atoms with Crippen LogP contribution in [0.4, 0.5) is 0 Å². The Bertz CT molecular complexity index is 262. The van der Waals surface area contributed by atoms with Crippen LogP contribution in [0.5, 0.6) is 0 Å². The van der Waals surface area contributed by atoms with Crippen molar-refractivity contribution in [3.05, 3.63) is 12.2 Å². The predicted molar refractivity (Wildman–Crippen MR) is 60.5 cm³/mol. The van der Waals surface area contributed by atoms with Gasteiger partial charge in [0, 0.05) is 31.6 Å². The molecule has 0 saturated carbocycles. The average molecular weight is 208 g/mol. The summed E-state index contributed by atoms with van der Waals surface area (Å²) in [5.74, 6) is 0.619. The van der Waals surface area contributed by atoms with Crippen molar-refractivity contribution in [3.8, 4) is 0 Å². The van der Waals surface area contributed by atoms with Crippen LogP contribution in [-0.2, 0) is 4.79 Å². The molecule has 1 saturated heterocycles. The summed E-state index contributed by atoms with van der Waals surface area (Å²) in [6, 6.07) is 0.446. The van der Waals surface area contributed by atoms with Crippen LogP contribution in [0.2, 0.25) is 0 Å². The molecule has 0 aromatic rings. The topological polar surface area (TPSA) is 32.3 Å². The Balaban J connectivity index is 1.91. The van der Waals surface area contributed by atoms with E-state index in [-0.39, 0.29) is 5.92 Å². The van der Waals surface area contributed by atoms with Gasteiger partial charge in [-0.1, -0.05) is 12.2 Å². The summed E-state index contributed by atoms with van der Waals surface area (Å²) in [4.78, 5) is 14.2. The van der Waals surface area contributed by atoms with Crippen LogP contribution in [0.15, 0.2) is 12.2 Å². The van der Waals surface area contributed by atoms with Gasteiger partial charge in [0.05, 0.1) is 0 Å². The molecule has 2 atom stereocenters. The number of carbonyl (C=O) groups is 1. The normalized spacial score (nSPS) is 31.7. The molecule has 0 aromatic carbocycles. The second-order valence-corrected chi connectivity index (χ2v) is 4.62. The van der Waals surface area contributed by atoms with Gasteiger partial charge in [0.2, 0.25) is 5.91 Å². The van der Waals surface area contributed by atoms with Crippen molar-refractivity contribution in [3.63, 3.8) is 0 Å². The van der Waals surface area contributed by atoms with Crippen LogP contribution in [0.3, 0.4) is 0 Å². The Kier molecular flexibility index (Phi) is 3.41. The lowest BCUT2D eigenvalue weighted by atomic mass is 9.93. The molecule has 0 bridgehead atoms. The first-order chi connectivity index (χ1) is 7.27. The molecule has 15 heavy (non-hydrogen) atoms. The largest absolute Gasteiger partial charge is 0.340 e.